The standard InChI is InChI=1S/C11H5F3O/c12-8-3-1-2-6-4-7(5-15)10(13)11(14)9(6)8/h1-5H. The SMILES string of the molecule is O=Cc1cc2cccc(F)c2c(F)c1F. The number of fused-ring (bicyclic) bond motifs is 1. The first-order valence-electron chi connectivity index (χ1n) is 4.16. The molecule has 0 atom stereocenters. The van der Waals surface area contributed by atoms with Gasteiger partial charge >= 0.3 is 0 Å². The third kappa shape index (κ3) is 1.38. The van der Waals surface area contributed by atoms with E-state index in [4.69, 9.17) is 0 Å². The van der Waals surface area contributed by atoms with Crippen molar-refractivity contribution in [2.75, 3.05) is 0 Å². The zero-order valence-electron chi connectivity index (χ0n) is 7.43. The molecule has 0 aromatic heterocycles. The third-order valence-electron chi connectivity index (χ3n) is 2.15. The molecule has 4 heteroatoms. The van der Waals surface area contributed by atoms with Crippen LogP contribution in [0.15, 0.2) is 24.3 Å². The van der Waals surface area contributed by atoms with Gasteiger partial charge in [0.1, 0.15) is 5.82 Å². The molecule has 0 unspecified atom stereocenters. The van der Waals surface area contributed by atoms with Crippen LogP contribution in [0.5, 0.6) is 0 Å². The van der Waals surface area contributed by atoms with Crippen LogP contribution in [0.1, 0.15) is 10.4 Å². The van der Waals surface area contributed by atoms with Crippen molar-refractivity contribution in [3.05, 3.63) is 47.3 Å². The fourth-order valence-corrected chi connectivity index (χ4v) is 1.45. The van der Waals surface area contributed by atoms with E-state index in [0.717, 1.165) is 12.1 Å². The monoisotopic (exact) mass is 210 g/mol. The van der Waals surface area contributed by atoms with Gasteiger partial charge in [-0.05, 0) is 17.5 Å². The first-order chi connectivity index (χ1) is 7.15. The van der Waals surface area contributed by atoms with Crippen LogP contribution >= 0.6 is 0 Å². The van der Waals surface area contributed by atoms with E-state index in [2.05, 4.69) is 0 Å². The van der Waals surface area contributed by atoms with E-state index in [0.29, 0.717) is 0 Å². The van der Waals surface area contributed by atoms with Gasteiger partial charge in [0.05, 0.1) is 10.9 Å². The minimum absolute atomic E-state index is 0.163. The second-order valence-corrected chi connectivity index (χ2v) is 3.05. The Hall–Kier alpha value is -1.84. The Morgan fingerprint density at radius 2 is 1.80 bits per heavy atom. The Morgan fingerprint density at radius 1 is 1.07 bits per heavy atom. The number of carbonyl (C=O) groups is 1. The number of carbonyl (C=O) groups excluding carboxylic acids is 1. The average Bonchev–Trinajstić information content (AvgIpc) is 2.23. The van der Waals surface area contributed by atoms with Gasteiger partial charge in [-0.2, -0.15) is 0 Å². The Morgan fingerprint density at radius 3 is 2.47 bits per heavy atom. The molecule has 2 rings (SSSR count). The molecule has 0 spiro atoms. The van der Waals surface area contributed by atoms with E-state index in [9.17, 15) is 18.0 Å². The van der Waals surface area contributed by atoms with E-state index in [-0.39, 0.29) is 11.7 Å². The van der Waals surface area contributed by atoms with Gasteiger partial charge in [0.25, 0.3) is 0 Å². The molecule has 1 nitrogen and oxygen atoms in total. The van der Waals surface area contributed by atoms with Gasteiger partial charge in [-0.15, -0.1) is 0 Å². The van der Waals surface area contributed by atoms with Gasteiger partial charge in [-0.3, -0.25) is 4.79 Å². The molecule has 0 aliphatic heterocycles. The fraction of sp³-hybridized carbons (Fsp3) is 0. The molecule has 0 heterocycles. The molecule has 0 fully saturated rings. The van der Waals surface area contributed by atoms with Crippen LogP contribution in [0, 0.1) is 17.5 Å². The van der Waals surface area contributed by atoms with Crippen LogP contribution in [0.3, 0.4) is 0 Å². The van der Waals surface area contributed by atoms with Crippen molar-refractivity contribution in [1.82, 2.24) is 0 Å². The molecule has 0 amide bonds. The molecule has 0 saturated carbocycles. The molecule has 0 saturated heterocycles. The van der Waals surface area contributed by atoms with Gasteiger partial charge in [0.15, 0.2) is 17.9 Å². The fourth-order valence-electron chi connectivity index (χ4n) is 1.45. The highest BCUT2D eigenvalue weighted by Crippen LogP contribution is 2.25. The van der Waals surface area contributed by atoms with Crippen LogP contribution < -0.4 is 0 Å². The summed E-state index contributed by atoms with van der Waals surface area (Å²) in [7, 11) is 0. The minimum atomic E-state index is -1.33. The summed E-state index contributed by atoms with van der Waals surface area (Å²) in [4.78, 5) is 10.4. The molecular formula is C11H5F3O. The quantitative estimate of drug-likeness (QED) is 0.661. The Balaban J connectivity index is 2.97. The summed E-state index contributed by atoms with van der Waals surface area (Å²) in [5, 5.41) is -0.267. The number of rotatable bonds is 1. The predicted octanol–water partition coefficient (Wildman–Crippen LogP) is 3.07. The normalized spacial score (nSPS) is 10.6. The molecule has 0 N–H and O–H groups in total. The van der Waals surface area contributed by atoms with Crippen molar-refractivity contribution in [1.29, 1.82) is 0 Å². The van der Waals surface area contributed by atoms with E-state index < -0.39 is 28.4 Å². The lowest BCUT2D eigenvalue weighted by molar-refractivity contribution is 0.111. The van der Waals surface area contributed by atoms with Crippen LogP contribution in [-0.4, -0.2) is 6.29 Å². The minimum Gasteiger partial charge on any atom is -0.298 e. The Labute approximate surface area is 83.1 Å². The van der Waals surface area contributed by atoms with Crippen LogP contribution in [0.4, 0.5) is 13.2 Å². The zero-order chi connectivity index (χ0) is 11.0. The molecule has 2 aromatic carbocycles. The van der Waals surface area contributed by atoms with Crippen molar-refractivity contribution >= 4 is 17.1 Å². The lowest BCUT2D eigenvalue weighted by Gasteiger charge is -2.03. The lowest BCUT2D eigenvalue weighted by Crippen LogP contribution is -1.96. The topological polar surface area (TPSA) is 17.1 Å². The number of benzene rings is 2. The molecule has 15 heavy (non-hydrogen) atoms. The van der Waals surface area contributed by atoms with E-state index >= 15 is 0 Å². The number of halogens is 3. The second-order valence-electron chi connectivity index (χ2n) is 3.05. The van der Waals surface area contributed by atoms with E-state index in [1.165, 1.54) is 12.1 Å². The molecule has 76 valence electrons. The maximum Gasteiger partial charge on any atom is 0.170 e. The van der Waals surface area contributed by atoms with Gasteiger partial charge in [0.2, 0.25) is 0 Å². The van der Waals surface area contributed by atoms with Crippen LogP contribution in [-0.2, 0) is 0 Å². The molecular weight excluding hydrogens is 205 g/mol. The Bertz CT molecular complexity index is 549. The third-order valence-corrected chi connectivity index (χ3v) is 2.15. The van der Waals surface area contributed by atoms with Crippen LogP contribution in [0.2, 0.25) is 0 Å². The lowest BCUT2D eigenvalue weighted by atomic mass is 10.1. The van der Waals surface area contributed by atoms with Crippen LogP contribution in [0.25, 0.3) is 10.8 Å². The maximum atomic E-state index is 13.3. The Kier molecular flexibility index (Phi) is 2.19. The van der Waals surface area contributed by atoms with E-state index in [1.54, 1.807) is 0 Å². The van der Waals surface area contributed by atoms with Gasteiger partial charge < -0.3 is 0 Å². The largest absolute Gasteiger partial charge is 0.298 e. The summed E-state index contributed by atoms with van der Waals surface area (Å²) in [6, 6.07) is 4.92. The van der Waals surface area contributed by atoms with Gasteiger partial charge in [-0.1, -0.05) is 12.1 Å². The average molecular weight is 210 g/mol. The number of hydrogen-bond acceptors (Lipinski definition) is 1. The molecule has 0 radical (unpaired) electrons. The van der Waals surface area contributed by atoms with Crippen molar-refractivity contribution in [3.63, 3.8) is 0 Å². The zero-order valence-corrected chi connectivity index (χ0v) is 7.43. The highest BCUT2D eigenvalue weighted by atomic mass is 19.2. The van der Waals surface area contributed by atoms with Crippen molar-refractivity contribution in [3.8, 4) is 0 Å². The number of aldehydes is 1. The van der Waals surface area contributed by atoms with Crippen molar-refractivity contribution in [2.24, 2.45) is 0 Å². The highest BCUT2D eigenvalue weighted by Gasteiger charge is 2.15. The molecule has 0 aliphatic rings. The maximum absolute atomic E-state index is 13.3. The van der Waals surface area contributed by atoms with E-state index in [1.807, 2.05) is 0 Å². The molecule has 0 aliphatic carbocycles. The van der Waals surface area contributed by atoms with Crippen molar-refractivity contribution < 1.29 is 18.0 Å². The molecule has 0 bridgehead atoms. The summed E-state index contributed by atoms with van der Waals surface area (Å²) in [5.41, 5.74) is -0.411. The second kappa shape index (κ2) is 3.38. The summed E-state index contributed by atoms with van der Waals surface area (Å²) < 4.78 is 39.6. The predicted molar refractivity (Wildman–Crippen MR) is 49.2 cm³/mol. The molecule has 2 aromatic rings. The summed E-state index contributed by atoms with van der Waals surface area (Å²) in [6.45, 7) is 0. The summed E-state index contributed by atoms with van der Waals surface area (Å²) in [6.07, 6.45) is 0.197. The smallest absolute Gasteiger partial charge is 0.170 e. The first kappa shape index (κ1) is 9.71. The van der Waals surface area contributed by atoms with Gasteiger partial charge in [0, 0.05) is 0 Å². The first-order valence-corrected chi connectivity index (χ1v) is 4.16. The van der Waals surface area contributed by atoms with Crippen molar-refractivity contribution in [2.45, 2.75) is 0 Å². The summed E-state index contributed by atoms with van der Waals surface area (Å²) >= 11 is 0. The van der Waals surface area contributed by atoms with Gasteiger partial charge in [-0.25, -0.2) is 13.2 Å². The summed E-state index contributed by atoms with van der Waals surface area (Å²) in [5.74, 6) is -3.49. The highest BCUT2D eigenvalue weighted by molar-refractivity contribution is 5.90. The number of hydrogen-bond donors (Lipinski definition) is 0.